The summed E-state index contributed by atoms with van der Waals surface area (Å²) in [5.74, 6) is 0.197. The van der Waals surface area contributed by atoms with Crippen molar-refractivity contribution in [3.05, 3.63) is 16.1 Å². The average molecular weight is 279 g/mol. The zero-order chi connectivity index (χ0) is 13.4. The second kappa shape index (κ2) is 5.21. The molecular weight excluding hydrogens is 258 g/mol. The number of amides is 1. The van der Waals surface area contributed by atoms with Crippen molar-refractivity contribution in [1.29, 1.82) is 0 Å². The van der Waals surface area contributed by atoms with Crippen molar-refractivity contribution in [2.24, 2.45) is 0 Å². The number of likely N-dealkylation sites (tertiary alicyclic amines) is 2. The van der Waals surface area contributed by atoms with Crippen molar-refractivity contribution >= 4 is 17.2 Å². The molecule has 0 aliphatic carbocycles. The molecule has 0 radical (unpaired) electrons. The number of rotatable bonds is 2. The molecule has 3 heterocycles. The fraction of sp³-hybridized carbons (Fsp3) is 0.714. The first-order valence-electron chi connectivity index (χ1n) is 7.10. The van der Waals surface area contributed by atoms with E-state index in [-0.39, 0.29) is 5.91 Å². The van der Waals surface area contributed by atoms with Gasteiger partial charge in [0.25, 0.3) is 5.91 Å². The second-order valence-corrected chi connectivity index (χ2v) is 6.52. The molecule has 2 fully saturated rings. The number of hydrogen-bond donors (Lipinski definition) is 0. The molecule has 4 nitrogen and oxygen atoms in total. The van der Waals surface area contributed by atoms with Crippen LogP contribution in [0.4, 0.5) is 0 Å². The van der Waals surface area contributed by atoms with Crippen molar-refractivity contribution in [3.63, 3.8) is 0 Å². The molecule has 3 rings (SSSR count). The zero-order valence-electron chi connectivity index (χ0n) is 11.6. The van der Waals surface area contributed by atoms with Crippen LogP contribution in [0, 0.1) is 6.92 Å². The van der Waals surface area contributed by atoms with Crippen molar-refractivity contribution in [1.82, 2.24) is 14.8 Å². The van der Waals surface area contributed by atoms with E-state index in [4.69, 9.17) is 0 Å². The highest BCUT2D eigenvalue weighted by atomic mass is 32.1. The van der Waals surface area contributed by atoms with Crippen LogP contribution in [0.15, 0.2) is 5.51 Å². The van der Waals surface area contributed by atoms with E-state index in [0.717, 1.165) is 30.0 Å². The summed E-state index contributed by atoms with van der Waals surface area (Å²) in [6, 6.07) is 0.959. The Balaban J connectivity index is 1.80. The Labute approximate surface area is 118 Å². The van der Waals surface area contributed by atoms with Gasteiger partial charge in [-0.2, -0.15) is 0 Å². The number of aryl methyl sites for hydroxylation is 1. The normalized spacial score (nSPS) is 28.2. The van der Waals surface area contributed by atoms with Crippen molar-refractivity contribution in [2.45, 2.75) is 44.7 Å². The van der Waals surface area contributed by atoms with Gasteiger partial charge in [0, 0.05) is 18.6 Å². The fourth-order valence-corrected chi connectivity index (χ4v) is 4.26. The Kier molecular flexibility index (Phi) is 3.58. The first-order chi connectivity index (χ1) is 9.18. The number of likely N-dealkylation sites (N-methyl/N-ethyl adjacent to an activating group) is 1. The van der Waals surface area contributed by atoms with Gasteiger partial charge in [-0.3, -0.25) is 4.79 Å². The Hall–Kier alpha value is -0.940. The number of hydrogen-bond acceptors (Lipinski definition) is 4. The molecule has 5 heteroatoms. The Morgan fingerprint density at radius 2 is 2.05 bits per heavy atom. The van der Waals surface area contributed by atoms with Crippen LogP contribution in [-0.4, -0.2) is 52.9 Å². The van der Waals surface area contributed by atoms with Crippen molar-refractivity contribution < 1.29 is 4.79 Å². The molecule has 0 N–H and O–H groups in total. The molecule has 104 valence electrons. The maximum Gasteiger partial charge on any atom is 0.266 e. The lowest BCUT2D eigenvalue weighted by atomic mass is 10.0. The van der Waals surface area contributed by atoms with Crippen LogP contribution in [0.25, 0.3) is 0 Å². The minimum Gasteiger partial charge on any atom is -0.333 e. The van der Waals surface area contributed by atoms with E-state index in [0.29, 0.717) is 12.1 Å². The topological polar surface area (TPSA) is 36.4 Å². The van der Waals surface area contributed by atoms with E-state index in [1.54, 1.807) is 5.51 Å². The highest BCUT2D eigenvalue weighted by Crippen LogP contribution is 2.31. The van der Waals surface area contributed by atoms with E-state index < -0.39 is 0 Å². The third-order valence-corrected chi connectivity index (χ3v) is 5.44. The van der Waals surface area contributed by atoms with Gasteiger partial charge in [0.2, 0.25) is 0 Å². The number of carbonyl (C=O) groups is 1. The number of carbonyl (C=O) groups excluding carboxylic acids is 1. The van der Waals surface area contributed by atoms with Gasteiger partial charge in [-0.15, -0.1) is 11.3 Å². The monoisotopic (exact) mass is 279 g/mol. The summed E-state index contributed by atoms with van der Waals surface area (Å²) >= 11 is 1.47. The molecule has 2 aliphatic rings. The average Bonchev–Trinajstić information content (AvgIpc) is 3.07. The third kappa shape index (κ3) is 2.30. The van der Waals surface area contributed by atoms with Crippen LogP contribution >= 0.6 is 11.3 Å². The largest absolute Gasteiger partial charge is 0.333 e. The van der Waals surface area contributed by atoms with Gasteiger partial charge in [-0.25, -0.2) is 4.98 Å². The highest BCUT2D eigenvalue weighted by molar-refractivity contribution is 7.11. The van der Waals surface area contributed by atoms with Crippen LogP contribution in [0.1, 0.15) is 41.0 Å². The number of thiazole rings is 1. The van der Waals surface area contributed by atoms with Gasteiger partial charge in [-0.1, -0.05) is 0 Å². The van der Waals surface area contributed by atoms with E-state index in [1.165, 1.54) is 30.7 Å². The predicted octanol–water partition coefficient (Wildman–Crippen LogP) is 2.15. The number of aromatic nitrogens is 1. The molecular formula is C14H21N3OS. The quantitative estimate of drug-likeness (QED) is 0.832. The lowest BCUT2D eigenvalue weighted by Gasteiger charge is -2.33. The van der Waals surface area contributed by atoms with Crippen LogP contribution in [-0.2, 0) is 0 Å². The highest BCUT2D eigenvalue weighted by Gasteiger charge is 2.39. The molecule has 2 aliphatic heterocycles. The zero-order valence-corrected chi connectivity index (χ0v) is 12.4. The van der Waals surface area contributed by atoms with Crippen LogP contribution in [0.5, 0.6) is 0 Å². The minimum absolute atomic E-state index is 0.197. The summed E-state index contributed by atoms with van der Waals surface area (Å²) in [5.41, 5.74) is 2.65. The Morgan fingerprint density at radius 3 is 2.68 bits per heavy atom. The van der Waals surface area contributed by atoms with Crippen molar-refractivity contribution in [3.8, 4) is 0 Å². The molecule has 2 saturated heterocycles. The SMILES string of the molecule is Cc1ncsc1C(=O)N1CCCC1C1CCCN1C. The van der Waals surface area contributed by atoms with E-state index in [2.05, 4.69) is 21.8 Å². The maximum absolute atomic E-state index is 12.7. The van der Waals surface area contributed by atoms with Gasteiger partial charge in [-0.05, 0) is 46.2 Å². The minimum atomic E-state index is 0.197. The summed E-state index contributed by atoms with van der Waals surface area (Å²) < 4.78 is 0. The molecule has 1 aromatic rings. The molecule has 0 saturated carbocycles. The van der Waals surface area contributed by atoms with E-state index in [9.17, 15) is 4.79 Å². The molecule has 2 atom stereocenters. The van der Waals surface area contributed by atoms with Crippen molar-refractivity contribution in [2.75, 3.05) is 20.1 Å². The third-order valence-electron chi connectivity index (χ3n) is 4.52. The lowest BCUT2D eigenvalue weighted by molar-refractivity contribution is 0.0668. The molecule has 0 spiro atoms. The molecule has 1 aromatic heterocycles. The number of nitrogens with zero attached hydrogens (tertiary/aromatic N) is 3. The van der Waals surface area contributed by atoms with Crippen LogP contribution in [0.2, 0.25) is 0 Å². The molecule has 0 bridgehead atoms. The fourth-order valence-electron chi connectivity index (χ4n) is 3.50. The summed E-state index contributed by atoms with van der Waals surface area (Å²) in [5, 5.41) is 0. The summed E-state index contributed by atoms with van der Waals surface area (Å²) in [6.07, 6.45) is 4.78. The van der Waals surface area contributed by atoms with Gasteiger partial charge < -0.3 is 9.80 Å². The Morgan fingerprint density at radius 1 is 1.32 bits per heavy atom. The summed E-state index contributed by atoms with van der Waals surface area (Å²) in [7, 11) is 2.19. The van der Waals surface area contributed by atoms with E-state index in [1.807, 2.05) is 6.92 Å². The summed E-state index contributed by atoms with van der Waals surface area (Å²) in [6.45, 7) is 4.00. The van der Waals surface area contributed by atoms with Crippen LogP contribution in [0.3, 0.4) is 0 Å². The smallest absolute Gasteiger partial charge is 0.266 e. The van der Waals surface area contributed by atoms with Gasteiger partial charge in [0.1, 0.15) is 4.88 Å². The Bertz CT molecular complexity index is 473. The first kappa shape index (κ1) is 13.1. The van der Waals surface area contributed by atoms with Gasteiger partial charge in [0.05, 0.1) is 11.2 Å². The van der Waals surface area contributed by atoms with Gasteiger partial charge in [0.15, 0.2) is 0 Å². The standard InChI is InChI=1S/C14H21N3OS/c1-10-13(19-9-15-10)14(18)17-8-4-6-12(17)11-5-3-7-16(11)2/h9,11-12H,3-8H2,1-2H3. The first-order valence-corrected chi connectivity index (χ1v) is 7.97. The molecule has 1 amide bonds. The molecule has 19 heavy (non-hydrogen) atoms. The van der Waals surface area contributed by atoms with Gasteiger partial charge >= 0.3 is 0 Å². The van der Waals surface area contributed by atoms with E-state index >= 15 is 0 Å². The summed E-state index contributed by atoms with van der Waals surface area (Å²) in [4.78, 5) is 22.2. The molecule has 2 unspecified atom stereocenters. The molecule has 0 aromatic carbocycles. The lowest BCUT2D eigenvalue weighted by Crippen LogP contribution is -2.47. The predicted molar refractivity (Wildman–Crippen MR) is 76.6 cm³/mol. The maximum atomic E-state index is 12.7. The van der Waals surface area contributed by atoms with Crippen LogP contribution < -0.4 is 0 Å². The second-order valence-electron chi connectivity index (χ2n) is 5.67.